The van der Waals surface area contributed by atoms with Gasteiger partial charge in [0.15, 0.2) is 0 Å². The molecule has 3 aliphatic rings. The molecule has 0 heterocycles. The monoisotopic (exact) mass is 560 g/mol. The number of thioether (sulfide) groups is 1. The van der Waals surface area contributed by atoms with Crippen LogP contribution >= 0.6 is 35.0 Å². The number of rotatable bonds is 6. The number of hydrogen-bond donors (Lipinski definition) is 1. The zero-order valence-electron chi connectivity index (χ0n) is 23.7. The molecule has 0 bridgehead atoms. The summed E-state index contributed by atoms with van der Waals surface area (Å²) in [5.74, 6) is 4.35. The van der Waals surface area contributed by atoms with Crippen molar-refractivity contribution >= 4 is 35.0 Å². The molecule has 4 rings (SSSR count). The normalized spacial score (nSPS) is 33.7. The number of fused-ring (bicyclic) bond motifs is 1. The van der Waals surface area contributed by atoms with Gasteiger partial charge in [-0.05, 0) is 123 Å². The van der Waals surface area contributed by atoms with E-state index >= 15 is 0 Å². The fraction of sp³-hybridized carbons (Fsp3) is 0.636. The maximum absolute atomic E-state index is 10.4. The van der Waals surface area contributed by atoms with Crippen LogP contribution in [0.25, 0.3) is 0 Å². The third-order valence-electron chi connectivity index (χ3n) is 9.75. The van der Waals surface area contributed by atoms with Gasteiger partial charge in [0.2, 0.25) is 0 Å². The second kappa shape index (κ2) is 11.4. The Morgan fingerprint density at radius 3 is 2.51 bits per heavy atom. The van der Waals surface area contributed by atoms with Crippen LogP contribution in [-0.2, 0) is 5.60 Å². The van der Waals surface area contributed by atoms with Crippen molar-refractivity contribution in [2.45, 2.75) is 97.0 Å². The summed E-state index contributed by atoms with van der Waals surface area (Å²) < 4.78 is 0. The highest BCUT2D eigenvalue weighted by Crippen LogP contribution is 2.60. The number of allylic oxidation sites excluding steroid dienone is 5. The lowest BCUT2D eigenvalue weighted by Gasteiger charge is -2.44. The quantitative estimate of drug-likeness (QED) is 0.349. The van der Waals surface area contributed by atoms with Gasteiger partial charge in [0.1, 0.15) is 0 Å². The first-order valence-corrected chi connectivity index (χ1v) is 16.0. The molecule has 0 aliphatic heterocycles. The highest BCUT2D eigenvalue weighted by atomic mass is 35.5. The van der Waals surface area contributed by atoms with Gasteiger partial charge in [0.25, 0.3) is 0 Å². The van der Waals surface area contributed by atoms with Crippen LogP contribution in [0.2, 0.25) is 10.0 Å². The van der Waals surface area contributed by atoms with Crippen LogP contribution in [0.1, 0.15) is 92.1 Å². The first kappa shape index (κ1) is 29.3. The maximum Gasteiger partial charge on any atom is 0.0841 e. The van der Waals surface area contributed by atoms with E-state index < -0.39 is 5.60 Å². The third-order valence-corrected chi connectivity index (χ3v) is 12.0. The topological polar surface area (TPSA) is 20.2 Å². The van der Waals surface area contributed by atoms with Crippen molar-refractivity contribution in [1.29, 1.82) is 0 Å². The van der Waals surface area contributed by atoms with Crippen LogP contribution in [0, 0.1) is 35.0 Å². The lowest BCUT2D eigenvalue weighted by atomic mass is 9.61. The lowest BCUT2D eigenvalue weighted by Crippen LogP contribution is -2.36. The first-order chi connectivity index (χ1) is 17.3. The van der Waals surface area contributed by atoms with Crippen molar-refractivity contribution in [3.05, 3.63) is 63.2 Å². The molecule has 204 valence electrons. The second-order valence-corrected chi connectivity index (χ2v) is 15.0. The molecule has 2 unspecified atom stereocenters. The van der Waals surface area contributed by atoms with Crippen LogP contribution in [0.15, 0.2) is 52.5 Å². The Bertz CT molecular complexity index is 1060. The highest BCUT2D eigenvalue weighted by Gasteiger charge is 2.50. The fourth-order valence-electron chi connectivity index (χ4n) is 7.63. The Hall–Kier alpha value is -0.670. The summed E-state index contributed by atoms with van der Waals surface area (Å²) in [6, 6.07) is 3.73. The molecule has 1 N–H and O–H groups in total. The van der Waals surface area contributed by atoms with Crippen molar-refractivity contribution < 1.29 is 5.11 Å². The molecule has 3 fully saturated rings. The first-order valence-electron chi connectivity index (χ1n) is 14.2. The van der Waals surface area contributed by atoms with Crippen LogP contribution in [0.4, 0.5) is 0 Å². The van der Waals surface area contributed by atoms with Crippen LogP contribution in [0.3, 0.4) is 0 Å². The molecule has 3 saturated carbocycles. The molecule has 37 heavy (non-hydrogen) atoms. The van der Waals surface area contributed by atoms with Crippen molar-refractivity contribution in [1.82, 2.24) is 0 Å². The van der Waals surface area contributed by atoms with Crippen molar-refractivity contribution in [2.75, 3.05) is 5.75 Å². The molecule has 3 aliphatic carbocycles. The van der Waals surface area contributed by atoms with Crippen molar-refractivity contribution in [3.63, 3.8) is 0 Å². The molecule has 0 aromatic heterocycles. The van der Waals surface area contributed by atoms with Gasteiger partial charge < -0.3 is 5.11 Å². The molecule has 4 heteroatoms. The van der Waals surface area contributed by atoms with Gasteiger partial charge in [-0.15, -0.1) is 11.8 Å². The largest absolute Gasteiger partial charge is 0.386 e. The Morgan fingerprint density at radius 1 is 1.19 bits per heavy atom. The van der Waals surface area contributed by atoms with E-state index in [9.17, 15) is 5.11 Å². The summed E-state index contributed by atoms with van der Waals surface area (Å²) >= 11 is 15.0. The Labute approximate surface area is 240 Å². The smallest absolute Gasteiger partial charge is 0.0841 e. The highest BCUT2D eigenvalue weighted by molar-refractivity contribution is 7.99. The third kappa shape index (κ3) is 6.24. The van der Waals surface area contributed by atoms with Crippen LogP contribution in [-0.4, -0.2) is 10.9 Å². The number of halogens is 2. The van der Waals surface area contributed by atoms with Gasteiger partial charge in [0.05, 0.1) is 15.6 Å². The predicted molar refractivity (Wildman–Crippen MR) is 163 cm³/mol. The standard InChI is InChI=1S/C33H46Cl2OS/c1-20-15-21(2)23(4)25(16-20)11-10-24-9-8-14-33(7)27(12-13-28(24)33)22(3)19-37-31-29(34)17-26(18-30(31)35)32(5,6)36/h10-11,17-18,20-22,27-28,36H,4,8-9,12-16,19H2,1-3,5-7H3/b24-10+,25-11-/t20-,21-,22-,27?,28?,33+/m0/s1. The number of aliphatic hydroxyl groups is 1. The van der Waals surface area contributed by atoms with Gasteiger partial charge in [-0.2, -0.15) is 0 Å². The Kier molecular flexibility index (Phi) is 9.06. The Balaban J connectivity index is 1.47. The SMILES string of the molecule is C=C1/C(=C\C=C2/CCC[C@@]3(C)C2CCC3[C@@H](C)CSc2c(Cl)cc(C(C)(C)O)cc2Cl)C[C@@H](C)C[C@@H]1C. The summed E-state index contributed by atoms with van der Waals surface area (Å²) in [5, 5.41) is 11.6. The van der Waals surface area contributed by atoms with Crippen molar-refractivity contribution in [3.8, 4) is 0 Å². The zero-order chi connectivity index (χ0) is 27.1. The van der Waals surface area contributed by atoms with E-state index in [-0.39, 0.29) is 0 Å². The minimum atomic E-state index is -0.958. The van der Waals surface area contributed by atoms with Gasteiger partial charge in [-0.3, -0.25) is 0 Å². The molecule has 1 aromatic carbocycles. The van der Waals surface area contributed by atoms with E-state index in [1.807, 2.05) is 12.1 Å². The molecular formula is C33H46Cl2OS. The van der Waals surface area contributed by atoms with E-state index in [1.165, 1.54) is 56.1 Å². The molecule has 1 aromatic rings. The van der Waals surface area contributed by atoms with Crippen LogP contribution < -0.4 is 0 Å². The minimum absolute atomic E-state index is 0.366. The molecule has 6 atom stereocenters. The molecule has 0 spiro atoms. The van der Waals surface area contributed by atoms with Crippen LogP contribution in [0.5, 0.6) is 0 Å². The zero-order valence-corrected chi connectivity index (χ0v) is 26.0. The van der Waals surface area contributed by atoms with E-state index in [1.54, 1.807) is 31.2 Å². The summed E-state index contributed by atoms with van der Waals surface area (Å²) in [5.41, 5.74) is 4.68. The summed E-state index contributed by atoms with van der Waals surface area (Å²) in [7, 11) is 0. The minimum Gasteiger partial charge on any atom is -0.386 e. The predicted octanol–water partition coefficient (Wildman–Crippen LogP) is 10.6. The Morgan fingerprint density at radius 2 is 1.86 bits per heavy atom. The van der Waals surface area contributed by atoms with Gasteiger partial charge in [0, 0.05) is 10.6 Å². The summed E-state index contributed by atoms with van der Waals surface area (Å²) in [6.07, 6.45) is 13.9. The summed E-state index contributed by atoms with van der Waals surface area (Å²) in [4.78, 5) is 0.940. The molecular weight excluding hydrogens is 515 g/mol. The number of benzene rings is 1. The van der Waals surface area contributed by atoms with E-state index in [4.69, 9.17) is 23.2 Å². The molecule has 0 radical (unpaired) electrons. The summed E-state index contributed by atoms with van der Waals surface area (Å²) in [6.45, 7) is 17.7. The average Bonchev–Trinajstić information content (AvgIpc) is 3.16. The average molecular weight is 562 g/mol. The van der Waals surface area contributed by atoms with Gasteiger partial charge in [-0.1, -0.05) is 75.2 Å². The molecule has 1 nitrogen and oxygen atoms in total. The second-order valence-electron chi connectivity index (χ2n) is 13.1. The van der Waals surface area contributed by atoms with Crippen molar-refractivity contribution in [2.24, 2.45) is 35.0 Å². The molecule has 0 saturated heterocycles. The van der Waals surface area contributed by atoms with E-state index in [0.717, 1.165) is 22.1 Å². The maximum atomic E-state index is 10.4. The van der Waals surface area contributed by atoms with E-state index in [0.29, 0.717) is 39.1 Å². The number of hydrogen-bond acceptors (Lipinski definition) is 2. The van der Waals surface area contributed by atoms with Gasteiger partial charge in [-0.25, -0.2) is 0 Å². The van der Waals surface area contributed by atoms with Gasteiger partial charge >= 0.3 is 0 Å². The fourth-order valence-corrected chi connectivity index (χ4v) is 9.50. The molecule has 0 amide bonds. The lowest BCUT2D eigenvalue weighted by molar-refractivity contribution is 0.0785. The van der Waals surface area contributed by atoms with E-state index in [2.05, 4.69) is 46.4 Å².